The summed E-state index contributed by atoms with van der Waals surface area (Å²) in [4.78, 5) is 1.93. The molecular weight excluding hydrogens is 364 g/mol. The van der Waals surface area contributed by atoms with Crippen molar-refractivity contribution in [2.24, 2.45) is 0 Å². The second-order valence-corrected chi connectivity index (χ2v) is 7.25. The smallest absolute Gasteiger partial charge is 0.235 e. The van der Waals surface area contributed by atoms with E-state index in [9.17, 15) is 0 Å². The highest BCUT2D eigenvalue weighted by molar-refractivity contribution is 7.17. The van der Waals surface area contributed by atoms with Gasteiger partial charge in [-0.15, -0.1) is 21.5 Å². The fourth-order valence-corrected chi connectivity index (χ4v) is 3.55. The highest BCUT2D eigenvalue weighted by Crippen LogP contribution is 2.20. The van der Waals surface area contributed by atoms with Gasteiger partial charge in [0.25, 0.3) is 0 Å². The molecule has 0 bridgehead atoms. The first-order valence-electron chi connectivity index (χ1n) is 7.09. The average molecular weight is 375 g/mol. The standard InChI is InChI=1S/C16H11ClN4OS2/c17-11-3-5-12(6-4-11)22-10-14-18-19-16-21(14)20-15(24-16)8-7-13-2-1-9-23-13/h1-9H,10H2. The molecule has 0 aliphatic carbocycles. The van der Waals surface area contributed by atoms with Crippen LogP contribution in [0.3, 0.4) is 0 Å². The minimum atomic E-state index is 0.292. The quantitative estimate of drug-likeness (QED) is 0.510. The summed E-state index contributed by atoms with van der Waals surface area (Å²) in [6.45, 7) is 0.292. The minimum absolute atomic E-state index is 0.292. The number of fused-ring (bicyclic) bond motifs is 1. The Morgan fingerprint density at radius 2 is 2.00 bits per heavy atom. The molecule has 0 unspecified atom stereocenters. The van der Waals surface area contributed by atoms with E-state index in [1.54, 1.807) is 28.0 Å². The van der Waals surface area contributed by atoms with Crippen LogP contribution in [0.15, 0.2) is 41.8 Å². The normalized spacial score (nSPS) is 11.5. The molecule has 4 aromatic rings. The molecule has 0 spiro atoms. The average Bonchev–Trinajstić information content (AvgIpc) is 3.30. The van der Waals surface area contributed by atoms with Crippen LogP contribution in [0.4, 0.5) is 0 Å². The Balaban J connectivity index is 1.50. The van der Waals surface area contributed by atoms with Crippen molar-refractivity contribution >= 4 is 51.4 Å². The van der Waals surface area contributed by atoms with E-state index < -0.39 is 0 Å². The van der Waals surface area contributed by atoms with Crippen LogP contribution in [0, 0.1) is 0 Å². The number of rotatable bonds is 5. The second kappa shape index (κ2) is 6.72. The Morgan fingerprint density at radius 1 is 1.12 bits per heavy atom. The van der Waals surface area contributed by atoms with Gasteiger partial charge in [-0.2, -0.15) is 9.61 Å². The van der Waals surface area contributed by atoms with Crippen LogP contribution in [-0.2, 0) is 6.61 Å². The van der Waals surface area contributed by atoms with E-state index in [-0.39, 0.29) is 0 Å². The van der Waals surface area contributed by atoms with Crippen molar-refractivity contribution in [3.8, 4) is 5.75 Å². The van der Waals surface area contributed by atoms with Gasteiger partial charge in [-0.3, -0.25) is 0 Å². The summed E-state index contributed by atoms with van der Waals surface area (Å²) in [6.07, 6.45) is 4.02. The third-order valence-electron chi connectivity index (χ3n) is 3.19. The number of nitrogens with zero attached hydrogens (tertiary/aromatic N) is 4. The summed E-state index contributed by atoms with van der Waals surface area (Å²) in [5, 5.41) is 16.4. The van der Waals surface area contributed by atoms with Crippen molar-refractivity contribution in [1.82, 2.24) is 19.8 Å². The monoisotopic (exact) mass is 374 g/mol. The van der Waals surface area contributed by atoms with Gasteiger partial charge in [-0.1, -0.05) is 29.0 Å². The highest BCUT2D eigenvalue weighted by atomic mass is 35.5. The summed E-state index contributed by atoms with van der Waals surface area (Å²) in [5.41, 5.74) is 0. The van der Waals surface area contributed by atoms with Crippen LogP contribution < -0.4 is 4.74 Å². The molecule has 0 fully saturated rings. The van der Waals surface area contributed by atoms with Crippen LogP contribution in [0.25, 0.3) is 17.1 Å². The van der Waals surface area contributed by atoms with E-state index in [0.29, 0.717) is 17.5 Å². The van der Waals surface area contributed by atoms with Gasteiger partial charge in [-0.05, 0) is 47.9 Å². The van der Waals surface area contributed by atoms with Gasteiger partial charge < -0.3 is 4.74 Å². The molecule has 0 radical (unpaired) electrons. The molecule has 0 amide bonds. The lowest BCUT2D eigenvalue weighted by molar-refractivity contribution is 0.293. The van der Waals surface area contributed by atoms with Crippen LogP contribution >= 0.6 is 34.3 Å². The molecule has 0 N–H and O–H groups in total. The van der Waals surface area contributed by atoms with E-state index in [4.69, 9.17) is 16.3 Å². The van der Waals surface area contributed by atoms with Crippen molar-refractivity contribution < 1.29 is 4.74 Å². The maximum absolute atomic E-state index is 5.86. The van der Waals surface area contributed by atoms with Gasteiger partial charge in [0.1, 0.15) is 17.4 Å². The third kappa shape index (κ3) is 3.33. The lowest BCUT2D eigenvalue weighted by Gasteiger charge is -2.03. The predicted octanol–water partition coefficient (Wildman–Crippen LogP) is 4.65. The van der Waals surface area contributed by atoms with E-state index in [1.807, 2.05) is 35.7 Å². The van der Waals surface area contributed by atoms with Gasteiger partial charge in [0.15, 0.2) is 5.82 Å². The lowest BCUT2D eigenvalue weighted by Crippen LogP contribution is -2.02. The van der Waals surface area contributed by atoms with Crippen molar-refractivity contribution in [3.05, 3.63) is 62.5 Å². The predicted molar refractivity (Wildman–Crippen MR) is 97.7 cm³/mol. The zero-order valence-electron chi connectivity index (χ0n) is 12.3. The van der Waals surface area contributed by atoms with Gasteiger partial charge in [0, 0.05) is 9.90 Å². The topological polar surface area (TPSA) is 52.3 Å². The molecule has 1 aromatic carbocycles. The zero-order valence-corrected chi connectivity index (χ0v) is 14.7. The second-order valence-electron chi connectivity index (χ2n) is 4.84. The number of aromatic nitrogens is 4. The first-order valence-corrected chi connectivity index (χ1v) is 9.16. The molecule has 4 rings (SSSR count). The maximum atomic E-state index is 5.86. The Morgan fingerprint density at radius 3 is 2.79 bits per heavy atom. The summed E-state index contributed by atoms with van der Waals surface area (Å²) in [7, 11) is 0. The summed E-state index contributed by atoms with van der Waals surface area (Å²) in [5.74, 6) is 1.39. The molecule has 0 atom stereocenters. The first-order chi connectivity index (χ1) is 11.8. The molecular formula is C16H11ClN4OS2. The number of hydrogen-bond donors (Lipinski definition) is 0. The molecule has 8 heteroatoms. The number of benzene rings is 1. The molecule has 0 aliphatic heterocycles. The summed E-state index contributed by atoms with van der Waals surface area (Å²) < 4.78 is 7.42. The Bertz CT molecular complexity index is 974. The van der Waals surface area contributed by atoms with Crippen molar-refractivity contribution in [2.75, 3.05) is 0 Å². The highest BCUT2D eigenvalue weighted by Gasteiger charge is 2.11. The van der Waals surface area contributed by atoms with E-state index in [1.165, 1.54) is 16.2 Å². The summed E-state index contributed by atoms with van der Waals surface area (Å²) >= 11 is 9.04. The molecule has 0 saturated carbocycles. The van der Waals surface area contributed by atoms with Gasteiger partial charge in [0.05, 0.1) is 0 Å². The number of halogens is 1. The number of thiophene rings is 1. The lowest BCUT2D eigenvalue weighted by atomic mass is 10.3. The maximum Gasteiger partial charge on any atom is 0.235 e. The largest absolute Gasteiger partial charge is 0.486 e. The van der Waals surface area contributed by atoms with Gasteiger partial charge >= 0.3 is 0 Å². The first kappa shape index (κ1) is 15.3. The molecule has 24 heavy (non-hydrogen) atoms. The van der Waals surface area contributed by atoms with Gasteiger partial charge in [0.2, 0.25) is 4.96 Å². The molecule has 0 saturated heterocycles. The molecule has 0 aliphatic rings. The zero-order chi connectivity index (χ0) is 16.4. The van der Waals surface area contributed by atoms with Crippen molar-refractivity contribution in [2.45, 2.75) is 6.61 Å². The Kier molecular flexibility index (Phi) is 4.29. The van der Waals surface area contributed by atoms with Crippen LogP contribution in [0.1, 0.15) is 15.7 Å². The Labute approximate surface area is 150 Å². The van der Waals surface area contributed by atoms with Gasteiger partial charge in [-0.25, -0.2) is 0 Å². The molecule has 3 aromatic heterocycles. The minimum Gasteiger partial charge on any atom is -0.486 e. The molecule has 120 valence electrons. The number of hydrogen-bond acceptors (Lipinski definition) is 6. The van der Waals surface area contributed by atoms with Crippen LogP contribution in [0.5, 0.6) is 5.75 Å². The van der Waals surface area contributed by atoms with Crippen molar-refractivity contribution in [1.29, 1.82) is 0 Å². The third-order valence-corrected chi connectivity index (χ3v) is 5.14. The summed E-state index contributed by atoms with van der Waals surface area (Å²) in [6, 6.07) is 11.3. The molecule has 5 nitrogen and oxygen atoms in total. The molecule has 3 heterocycles. The fraction of sp³-hybridized carbons (Fsp3) is 0.0625. The van der Waals surface area contributed by atoms with Crippen LogP contribution in [-0.4, -0.2) is 19.8 Å². The fourth-order valence-electron chi connectivity index (χ4n) is 2.05. The SMILES string of the molecule is Clc1ccc(OCc2nnc3sc(C=Cc4cccs4)nn23)cc1. The van der Waals surface area contributed by atoms with E-state index >= 15 is 0 Å². The van der Waals surface area contributed by atoms with Crippen molar-refractivity contribution in [3.63, 3.8) is 0 Å². The Hall–Kier alpha value is -2.22. The van der Waals surface area contributed by atoms with E-state index in [0.717, 1.165) is 15.7 Å². The number of ether oxygens (including phenoxy) is 1. The van der Waals surface area contributed by atoms with E-state index in [2.05, 4.69) is 21.4 Å². The van der Waals surface area contributed by atoms with Crippen LogP contribution in [0.2, 0.25) is 5.02 Å².